The van der Waals surface area contributed by atoms with E-state index >= 15 is 0 Å². The first-order valence-electron chi connectivity index (χ1n) is 5.05. The van der Waals surface area contributed by atoms with Gasteiger partial charge >= 0.3 is 0 Å². The smallest absolute Gasteiger partial charge is 0.251 e. The molecule has 0 aromatic heterocycles. The Kier molecular flexibility index (Phi) is 4.96. The molecule has 0 heterocycles. The van der Waals surface area contributed by atoms with Crippen LogP contribution in [-0.4, -0.2) is 12.5 Å². The van der Waals surface area contributed by atoms with Crippen LogP contribution < -0.4 is 5.32 Å². The second-order valence-corrected chi connectivity index (χ2v) is 3.24. The Hall–Kier alpha value is -1.82. The predicted molar refractivity (Wildman–Crippen MR) is 58.2 cm³/mol. The fourth-order valence-electron chi connectivity index (χ4n) is 1.22. The summed E-state index contributed by atoms with van der Waals surface area (Å²) in [5.41, 5.74) is 0.679. The van der Waals surface area contributed by atoms with Crippen molar-refractivity contribution in [2.75, 3.05) is 6.54 Å². The number of carbonyl (C=O) groups is 1. The third-order valence-corrected chi connectivity index (χ3v) is 2.04. The van der Waals surface area contributed by atoms with Gasteiger partial charge in [0, 0.05) is 18.5 Å². The zero-order valence-electron chi connectivity index (χ0n) is 8.57. The summed E-state index contributed by atoms with van der Waals surface area (Å²) in [6, 6.07) is 11.2. The Labute approximate surface area is 89.7 Å². The summed E-state index contributed by atoms with van der Waals surface area (Å²) in [6.07, 6.45) is 2.25. The average molecular weight is 202 g/mol. The second kappa shape index (κ2) is 6.61. The number of nitriles is 1. The molecule has 78 valence electrons. The minimum absolute atomic E-state index is 0.0486. The number of carbonyl (C=O) groups excluding carboxylic acids is 1. The summed E-state index contributed by atoms with van der Waals surface area (Å²) in [6.45, 7) is 0.634. The molecule has 1 N–H and O–H groups in total. The number of unbranched alkanes of at least 4 members (excludes halogenated alkanes) is 2. The lowest BCUT2D eigenvalue weighted by atomic mass is 10.2. The molecule has 15 heavy (non-hydrogen) atoms. The van der Waals surface area contributed by atoms with E-state index in [2.05, 4.69) is 11.4 Å². The molecule has 1 aromatic rings. The highest BCUT2D eigenvalue weighted by Crippen LogP contribution is 1.98. The van der Waals surface area contributed by atoms with Gasteiger partial charge in [0.2, 0.25) is 0 Å². The van der Waals surface area contributed by atoms with E-state index < -0.39 is 0 Å². The van der Waals surface area contributed by atoms with Gasteiger partial charge in [0.1, 0.15) is 0 Å². The van der Waals surface area contributed by atoms with Crippen LogP contribution in [-0.2, 0) is 0 Å². The largest absolute Gasteiger partial charge is 0.352 e. The summed E-state index contributed by atoms with van der Waals surface area (Å²) in [4.78, 5) is 11.5. The first-order chi connectivity index (χ1) is 7.34. The number of rotatable bonds is 5. The quantitative estimate of drug-likeness (QED) is 0.743. The number of hydrogen-bond acceptors (Lipinski definition) is 2. The molecule has 0 aliphatic rings. The van der Waals surface area contributed by atoms with Crippen molar-refractivity contribution < 1.29 is 4.79 Å². The highest BCUT2D eigenvalue weighted by Gasteiger charge is 2.01. The fraction of sp³-hybridized carbons (Fsp3) is 0.333. The van der Waals surface area contributed by atoms with Crippen LogP contribution in [0.5, 0.6) is 0 Å². The number of nitrogens with zero attached hydrogens (tertiary/aromatic N) is 1. The molecule has 0 aliphatic heterocycles. The molecule has 3 nitrogen and oxygen atoms in total. The molecule has 0 saturated heterocycles. The Morgan fingerprint density at radius 2 is 2.00 bits per heavy atom. The van der Waals surface area contributed by atoms with Crippen LogP contribution in [0.3, 0.4) is 0 Å². The molecule has 1 aromatic carbocycles. The van der Waals surface area contributed by atoms with Gasteiger partial charge in [-0.25, -0.2) is 0 Å². The maximum absolute atomic E-state index is 11.5. The lowest BCUT2D eigenvalue weighted by molar-refractivity contribution is 0.0953. The van der Waals surface area contributed by atoms with Crippen LogP contribution in [0.15, 0.2) is 30.3 Å². The zero-order valence-corrected chi connectivity index (χ0v) is 8.57. The predicted octanol–water partition coefficient (Wildman–Crippen LogP) is 2.11. The zero-order chi connectivity index (χ0) is 10.9. The summed E-state index contributed by atoms with van der Waals surface area (Å²) in [5.74, 6) is -0.0486. The standard InChI is InChI=1S/C12H14N2O/c13-9-5-2-6-10-14-12(15)11-7-3-1-4-8-11/h1,3-4,7-8H,2,5-6,10H2,(H,14,15). The third kappa shape index (κ3) is 4.28. The summed E-state index contributed by atoms with van der Waals surface area (Å²) >= 11 is 0. The fourth-order valence-corrected chi connectivity index (χ4v) is 1.22. The van der Waals surface area contributed by atoms with E-state index in [0.717, 1.165) is 12.8 Å². The number of benzene rings is 1. The molecule has 0 unspecified atom stereocenters. The van der Waals surface area contributed by atoms with E-state index in [4.69, 9.17) is 5.26 Å². The van der Waals surface area contributed by atoms with Gasteiger partial charge in [0.05, 0.1) is 6.07 Å². The van der Waals surface area contributed by atoms with Gasteiger partial charge in [0.25, 0.3) is 5.91 Å². The lowest BCUT2D eigenvalue weighted by Gasteiger charge is -2.03. The van der Waals surface area contributed by atoms with Crippen LogP contribution in [0.4, 0.5) is 0 Å². The van der Waals surface area contributed by atoms with Crippen molar-refractivity contribution in [2.24, 2.45) is 0 Å². The Morgan fingerprint density at radius 3 is 2.67 bits per heavy atom. The van der Waals surface area contributed by atoms with Crippen LogP contribution in [0.1, 0.15) is 29.6 Å². The van der Waals surface area contributed by atoms with Crippen LogP contribution in [0, 0.1) is 11.3 Å². The highest BCUT2D eigenvalue weighted by atomic mass is 16.1. The third-order valence-electron chi connectivity index (χ3n) is 2.04. The van der Waals surface area contributed by atoms with Gasteiger partial charge in [-0.15, -0.1) is 0 Å². The molecule has 0 spiro atoms. The van der Waals surface area contributed by atoms with Gasteiger partial charge in [0.15, 0.2) is 0 Å². The van der Waals surface area contributed by atoms with E-state index in [-0.39, 0.29) is 5.91 Å². The molecule has 0 fully saturated rings. The van der Waals surface area contributed by atoms with Crippen molar-refractivity contribution in [2.45, 2.75) is 19.3 Å². The van der Waals surface area contributed by atoms with E-state index in [1.54, 1.807) is 12.1 Å². The van der Waals surface area contributed by atoms with E-state index in [9.17, 15) is 4.79 Å². The normalized spacial score (nSPS) is 9.27. The first-order valence-corrected chi connectivity index (χ1v) is 5.05. The average Bonchev–Trinajstić information content (AvgIpc) is 2.30. The Morgan fingerprint density at radius 1 is 1.27 bits per heavy atom. The molecule has 0 radical (unpaired) electrons. The number of amides is 1. The molecule has 0 atom stereocenters. The SMILES string of the molecule is N#CCCCCNC(=O)c1ccccc1. The molecule has 0 saturated carbocycles. The van der Waals surface area contributed by atoms with Gasteiger partial charge in [-0.1, -0.05) is 18.2 Å². The van der Waals surface area contributed by atoms with Crippen molar-refractivity contribution in [1.82, 2.24) is 5.32 Å². The monoisotopic (exact) mass is 202 g/mol. The van der Waals surface area contributed by atoms with Gasteiger partial charge in [-0.2, -0.15) is 5.26 Å². The molecule has 1 rings (SSSR count). The maximum atomic E-state index is 11.5. The molecule has 0 aliphatic carbocycles. The Balaban J connectivity index is 2.23. The van der Waals surface area contributed by atoms with E-state index in [1.807, 2.05) is 18.2 Å². The van der Waals surface area contributed by atoms with Crippen LogP contribution in [0.25, 0.3) is 0 Å². The highest BCUT2D eigenvalue weighted by molar-refractivity contribution is 5.94. The van der Waals surface area contributed by atoms with Crippen molar-refractivity contribution in [3.63, 3.8) is 0 Å². The van der Waals surface area contributed by atoms with E-state index in [0.29, 0.717) is 18.5 Å². The molecular weight excluding hydrogens is 188 g/mol. The molecule has 1 amide bonds. The van der Waals surface area contributed by atoms with Crippen molar-refractivity contribution in [3.8, 4) is 6.07 Å². The molecule has 3 heteroatoms. The number of nitrogens with one attached hydrogen (secondary N) is 1. The summed E-state index contributed by atoms with van der Waals surface area (Å²) in [5, 5.41) is 11.1. The topological polar surface area (TPSA) is 52.9 Å². The Bertz CT molecular complexity index is 340. The second-order valence-electron chi connectivity index (χ2n) is 3.24. The van der Waals surface area contributed by atoms with Gasteiger partial charge in [-0.05, 0) is 25.0 Å². The minimum atomic E-state index is -0.0486. The van der Waals surface area contributed by atoms with Crippen LogP contribution in [0.2, 0.25) is 0 Å². The number of hydrogen-bond donors (Lipinski definition) is 1. The van der Waals surface area contributed by atoms with E-state index in [1.165, 1.54) is 0 Å². The molecule has 0 bridgehead atoms. The lowest BCUT2D eigenvalue weighted by Crippen LogP contribution is -2.24. The maximum Gasteiger partial charge on any atom is 0.251 e. The van der Waals surface area contributed by atoms with Crippen molar-refractivity contribution >= 4 is 5.91 Å². The van der Waals surface area contributed by atoms with Gasteiger partial charge < -0.3 is 5.32 Å². The first kappa shape index (κ1) is 11.3. The minimum Gasteiger partial charge on any atom is -0.352 e. The van der Waals surface area contributed by atoms with Crippen molar-refractivity contribution in [3.05, 3.63) is 35.9 Å². The van der Waals surface area contributed by atoms with Gasteiger partial charge in [-0.3, -0.25) is 4.79 Å². The summed E-state index contributed by atoms with van der Waals surface area (Å²) in [7, 11) is 0. The van der Waals surface area contributed by atoms with Crippen molar-refractivity contribution in [1.29, 1.82) is 5.26 Å². The molecular formula is C12H14N2O. The van der Waals surface area contributed by atoms with Crippen LogP contribution >= 0.6 is 0 Å². The summed E-state index contributed by atoms with van der Waals surface area (Å²) < 4.78 is 0.